The van der Waals surface area contributed by atoms with Crippen LogP contribution in [-0.4, -0.2) is 30.6 Å². The number of nitrogens with one attached hydrogen (secondary N) is 1. The summed E-state index contributed by atoms with van der Waals surface area (Å²) in [6.45, 7) is 0.500. The third-order valence-corrected chi connectivity index (χ3v) is 4.77. The van der Waals surface area contributed by atoms with Crippen LogP contribution in [0.2, 0.25) is 0 Å². The van der Waals surface area contributed by atoms with Gasteiger partial charge in [-0.2, -0.15) is 5.26 Å². The molecule has 0 bridgehead atoms. The van der Waals surface area contributed by atoms with E-state index in [0.717, 1.165) is 20.8 Å². The molecule has 1 aromatic heterocycles. The molecule has 0 unspecified atom stereocenters. The van der Waals surface area contributed by atoms with Gasteiger partial charge in [-0.15, -0.1) is 0 Å². The second-order valence-corrected chi connectivity index (χ2v) is 6.53. The number of hydrogen-bond acceptors (Lipinski definition) is 5. The number of halogens is 1. The van der Waals surface area contributed by atoms with Crippen molar-refractivity contribution in [1.29, 1.82) is 5.26 Å². The number of benzene rings is 1. The van der Waals surface area contributed by atoms with Crippen LogP contribution in [0.1, 0.15) is 18.4 Å². The largest absolute Gasteiger partial charge is 0.351 e. The summed E-state index contributed by atoms with van der Waals surface area (Å²) < 4.78 is 0.996. The number of nitriles is 1. The summed E-state index contributed by atoms with van der Waals surface area (Å²) in [5.41, 5.74) is 1.22. The number of nitrogens with zero attached hydrogens (tertiary/aromatic N) is 3. The van der Waals surface area contributed by atoms with Crippen molar-refractivity contribution in [3.8, 4) is 6.07 Å². The molecular formula is C16H15IN4O2. The topological polar surface area (TPSA) is 78.2 Å². The Hall–Kier alpha value is -1.92. The van der Waals surface area contributed by atoms with E-state index in [4.69, 9.17) is 4.84 Å². The SMILES string of the molecule is CON(C[C@@H]1CCC(=O)N1)c1cc2cncc(I)c2cc1C#N. The van der Waals surface area contributed by atoms with Crippen LogP contribution in [-0.2, 0) is 9.63 Å². The molecule has 118 valence electrons. The minimum Gasteiger partial charge on any atom is -0.351 e. The van der Waals surface area contributed by atoms with Gasteiger partial charge in [0.25, 0.3) is 0 Å². The molecule has 1 saturated heterocycles. The predicted octanol–water partition coefficient (Wildman–Crippen LogP) is 2.36. The molecule has 1 atom stereocenters. The van der Waals surface area contributed by atoms with Crippen molar-refractivity contribution in [2.24, 2.45) is 0 Å². The first-order chi connectivity index (χ1) is 11.1. The summed E-state index contributed by atoms with van der Waals surface area (Å²) in [5.74, 6) is 0.0591. The maximum Gasteiger partial charge on any atom is 0.220 e. The number of amides is 1. The van der Waals surface area contributed by atoms with Gasteiger partial charge in [-0.3, -0.25) is 19.7 Å². The molecule has 0 aliphatic carbocycles. The van der Waals surface area contributed by atoms with E-state index in [1.807, 2.05) is 12.1 Å². The van der Waals surface area contributed by atoms with Gasteiger partial charge in [0.05, 0.1) is 24.9 Å². The first-order valence-electron chi connectivity index (χ1n) is 7.20. The van der Waals surface area contributed by atoms with Crippen molar-refractivity contribution in [2.45, 2.75) is 18.9 Å². The third kappa shape index (κ3) is 3.23. The summed E-state index contributed by atoms with van der Waals surface area (Å²) >= 11 is 2.21. The lowest BCUT2D eigenvalue weighted by Gasteiger charge is -2.26. The molecule has 1 fully saturated rings. The minimum absolute atomic E-state index is 0.0266. The Morgan fingerprint density at radius 3 is 3.00 bits per heavy atom. The Balaban J connectivity index is 1.99. The highest BCUT2D eigenvalue weighted by Crippen LogP contribution is 2.29. The zero-order valence-corrected chi connectivity index (χ0v) is 14.7. The maximum atomic E-state index is 11.4. The fourth-order valence-corrected chi connectivity index (χ4v) is 3.38. The summed E-state index contributed by atoms with van der Waals surface area (Å²) in [4.78, 5) is 21.0. The fourth-order valence-electron chi connectivity index (χ4n) is 2.75. The zero-order chi connectivity index (χ0) is 16.4. The van der Waals surface area contributed by atoms with Crippen molar-refractivity contribution in [2.75, 3.05) is 18.7 Å². The van der Waals surface area contributed by atoms with Crippen LogP contribution >= 0.6 is 22.6 Å². The quantitative estimate of drug-likeness (QED) is 0.605. The normalized spacial score (nSPS) is 17.1. The number of carbonyl (C=O) groups excluding carboxylic acids is 1. The number of carbonyl (C=O) groups is 1. The average molecular weight is 422 g/mol. The highest BCUT2D eigenvalue weighted by Gasteiger charge is 2.24. The van der Waals surface area contributed by atoms with Gasteiger partial charge in [-0.05, 0) is 46.5 Å². The van der Waals surface area contributed by atoms with Crippen LogP contribution in [0, 0.1) is 14.9 Å². The van der Waals surface area contributed by atoms with Crippen LogP contribution in [0.3, 0.4) is 0 Å². The second kappa shape index (κ2) is 6.68. The number of aromatic nitrogens is 1. The second-order valence-electron chi connectivity index (χ2n) is 5.37. The summed E-state index contributed by atoms with van der Waals surface area (Å²) in [5, 5.41) is 16.0. The van der Waals surface area contributed by atoms with Gasteiger partial charge in [-0.25, -0.2) is 0 Å². The Kier molecular flexibility index (Phi) is 4.63. The molecule has 7 heteroatoms. The zero-order valence-electron chi connectivity index (χ0n) is 12.5. The van der Waals surface area contributed by atoms with Crippen LogP contribution in [0.15, 0.2) is 24.5 Å². The van der Waals surface area contributed by atoms with Crippen molar-refractivity contribution < 1.29 is 9.63 Å². The monoisotopic (exact) mass is 422 g/mol. The van der Waals surface area contributed by atoms with Crippen LogP contribution in [0.5, 0.6) is 0 Å². The molecule has 1 N–H and O–H groups in total. The van der Waals surface area contributed by atoms with E-state index < -0.39 is 0 Å². The Morgan fingerprint density at radius 1 is 1.52 bits per heavy atom. The van der Waals surface area contributed by atoms with E-state index >= 15 is 0 Å². The van der Waals surface area contributed by atoms with Gasteiger partial charge in [0.2, 0.25) is 5.91 Å². The van der Waals surface area contributed by atoms with E-state index in [2.05, 4.69) is 39.0 Å². The highest BCUT2D eigenvalue weighted by molar-refractivity contribution is 14.1. The Labute approximate surface area is 147 Å². The van der Waals surface area contributed by atoms with Gasteiger partial charge in [0.1, 0.15) is 6.07 Å². The molecule has 1 aliphatic heterocycles. The lowest BCUT2D eigenvalue weighted by atomic mass is 10.1. The smallest absolute Gasteiger partial charge is 0.220 e. The number of pyridine rings is 1. The lowest BCUT2D eigenvalue weighted by molar-refractivity contribution is -0.119. The summed E-state index contributed by atoms with van der Waals surface area (Å²) in [7, 11) is 1.56. The average Bonchev–Trinajstić information content (AvgIpc) is 2.97. The molecule has 0 spiro atoms. The minimum atomic E-state index is 0.0266. The standard InChI is InChI=1S/C16H15IN4O2/c1-23-21(9-12-2-3-16(22)20-12)15-5-11-7-19-8-14(17)13(11)4-10(15)6-18/h4-5,7-8,12H,2-3,9H2,1H3,(H,20,22)/t12-/m0/s1. The molecule has 2 aromatic rings. The number of hydroxylamine groups is 1. The lowest BCUT2D eigenvalue weighted by Crippen LogP contribution is -2.38. The molecule has 3 rings (SSSR count). The molecule has 2 heterocycles. The Bertz CT molecular complexity index is 803. The summed E-state index contributed by atoms with van der Waals surface area (Å²) in [6.07, 6.45) is 4.85. The van der Waals surface area contributed by atoms with Crippen LogP contribution in [0.25, 0.3) is 10.8 Å². The fraction of sp³-hybridized carbons (Fsp3) is 0.312. The van der Waals surface area contributed by atoms with Crippen molar-refractivity contribution in [3.63, 3.8) is 0 Å². The molecule has 0 saturated carbocycles. The van der Waals surface area contributed by atoms with Gasteiger partial charge in [0, 0.05) is 33.8 Å². The number of rotatable bonds is 4. The van der Waals surface area contributed by atoms with E-state index in [1.165, 1.54) is 0 Å². The number of hydrogen-bond donors (Lipinski definition) is 1. The predicted molar refractivity (Wildman–Crippen MR) is 94.7 cm³/mol. The van der Waals surface area contributed by atoms with E-state index in [9.17, 15) is 10.1 Å². The summed E-state index contributed by atoms with van der Waals surface area (Å²) in [6, 6.07) is 6.02. The van der Waals surface area contributed by atoms with E-state index in [0.29, 0.717) is 24.2 Å². The van der Waals surface area contributed by atoms with Gasteiger partial charge in [0.15, 0.2) is 0 Å². The third-order valence-electron chi connectivity index (χ3n) is 3.91. The van der Waals surface area contributed by atoms with E-state index in [1.54, 1.807) is 24.6 Å². The Morgan fingerprint density at radius 2 is 2.35 bits per heavy atom. The first-order valence-corrected chi connectivity index (χ1v) is 8.28. The van der Waals surface area contributed by atoms with Crippen molar-refractivity contribution in [1.82, 2.24) is 10.3 Å². The maximum absolute atomic E-state index is 11.4. The first kappa shape index (κ1) is 16.0. The molecule has 1 aromatic carbocycles. The van der Waals surface area contributed by atoms with E-state index in [-0.39, 0.29) is 11.9 Å². The van der Waals surface area contributed by atoms with Gasteiger partial charge in [-0.1, -0.05) is 0 Å². The van der Waals surface area contributed by atoms with Gasteiger partial charge >= 0.3 is 0 Å². The van der Waals surface area contributed by atoms with Crippen molar-refractivity contribution in [3.05, 3.63) is 33.7 Å². The molecule has 6 nitrogen and oxygen atoms in total. The highest BCUT2D eigenvalue weighted by atomic mass is 127. The van der Waals surface area contributed by atoms with Crippen molar-refractivity contribution >= 4 is 45.0 Å². The molecule has 1 amide bonds. The van der Waals surface area contributed by atoms with Gasteiger partial charge < -0.3 is 5.32 Å². The van der Waals surface area contributed by atoms with Crippen LogP contribution < -0.4 is 10.4 Å². The number of fused-ring (bicyclic) bond motifs is 1. The molecule has 1 aliphatic rings. The number of anilines is 1. The van der Waals surface area contributed by atoms with Crippen LogP contribution in [0.4, 0.5) is 5.69 Å². The molecular weight excluding hydrogens is 407 g/mol. The molecule has 23 heavy (non-hydrogen) atoms. The molecule has 0 radical (unpaired) electrons.